The molecular formula is C17H15Cl2NO5. The number of nitrogens with one attached hydrogen (secondary N) is 1. The number of rotatable bonds is 6. The molecule has 0 heterocycles. The van der Waals surface area contributed by atoms with E-state index in [0.717, 1.165) is 0 Å². The van der Waals surface area contributed by atoms with E-state index in [-0.39, 0.29) is 22.1 Å². The molecule has 0 fully saturated rings. The third kappa shape index (κ3) is 4.78. The molecule has 0 unspecified atom stereocenters. The van der Waals surface area contributed by atoms with Crippen LogP contribution in [0.2, 0.25) is 10.0 Å². The van der Waals surface area contributed by atoms with Crippen molar-refractivity contribution in [3.8, 4) is 11.5 Å². The first-order valence-electron chi connectivity index (χ1n) is 7.09. The van der Waals surface area contributed by atoms with Gasteiger partial charge in [0.05, 0.1) is 24.9 Å². The van der Waals surface area contributed by atoms with Gasteiger partial charge in [-0.3, -0.25) is 4.79 Å². The van der Waals surface area contributed by atoms with Crippen molar-refractivity contribution in [1.82, 2.24) is 0 Å². The minimum atomic E-state index is -0.744. The normalized spacial score (nSPS) is 10.1. The molecule has 132 valence electrons. The van der Waals surface area contributed by atoms with Crippen LogP contribution in [0.3, 0.4) is 0 Å². The Morgan fingerprint density at radius 2 is 1.68 bits per heavy atom. The summed E-state index contributed by atoms with van der Waals surface area (Å²) in [5.41, 5.74) is 0.465. The molecule has 0 aliphatic heterocycles. The number of amides is 1. The molecule has 1 amide bonds. The Labute approximate surface area is 154 Å². The maximum absolute atomic E-state index is 12.3. The zero-order valence-electron chi connectivity index (χ0n) is 13.5. The molecule has 0 bridgehead atoms. The summed E-state index contributed by atoms with van der Waals surface area (Å²) in [5, 5.41) is 3.25. The van der Waals surface area contributed by atoms with E-state index in [1.54, 1.807) is 30.3 Å². The molecule has 0 aliphatic rings. The van der Waals surface area contributed by atoms with Crippen molar-refractivity contribution in [2.24, 2.45) is 0 Å². The fourth-order valence-electron chi connectivity index (χ4n) is 2.03. The summed E-state index contributed by atoms with van der Waals surface area (Å²) < 4.78 is 15.3. The van der Waals surface area contributed by atoms with E-state index in [1.165, 1.54) is 20.3 Å². The monoisotopic (exact) mass is 383 g/mol. The fourth-order valence-corrected chi connectivity index (χ4v) is 2.49. The lowest BCUT2D eigenvalue weighted by atomic mass is 10.2. The van der Waals surface area contributed by atoms with Crippen molar-refractivity contribution in [2.45, 2.75) is 0 Å². The molecule has 0 aromatic heterocycles. The summed E-state index contributed by atoms with van der Waals surface area (Å²) in [6, 6.07) is 9.47. The average molecular weight is 384 g/mol. The van der Waals surface area contributed by atoms with Crippen LogP contribution < -0.4 is 14.8 Å². The van der Waals surface area contributed by atoms with Crippen LogP contribution in [0.15, 0.2) is 36.4 Å². The number of hydrogen-bond donors (Lipinski definition) is 1. The van der Waals surface area contributed by atoms with Crippen LogP contribution in [0.25, 0.3) is 0 Å². The van der Waals surface area contributed by atoms with Crippen LogP contribution in [-0.4, -0.2) is 32.7 Å². The SMILES string of the molecule is COc1cccc(OC)c1C(=O)OCC(=O)Nc1ccc(Cl)cc1Cl. The van der Waals surface area contributed by atoms with Crippen LogP contribution >= 0.6 is 23.2 Å². The predicted molar refractivity (Wildman–Crippen MR) is 94.9 cm³/mol. The molecule has 0 saturated carbocycles. The number of ether oxygens (including phenoxy) is 3. The van der Waals surface area contributed by atoms with E-state index in [9.17, 15) is 9.59 Å². The first kappa shape index (κ1) is 18.9. The number of esters is 1. The van der Waals surface area contributed by atoms with Gasteiger partial charge in [-0.05, 0) is 30.3 Å². The second-order valence-electron chi connectivity index (χ2n) is 4.79. The molecule has 25 heavy (non-hydrogen) atoms. The Bertz CT molecular complexity index is 772. The Morgan fingerprint density at radius 1 is 1.04 bits per heavy atom. The van der Waals surface area contributed by atoms with Crippen LogP contribution in [0.5, 0.6) is 11.5 Å². The van der Waals surface area contributed by atoms with E-state index >= 15 is 0 Å². The van der Waals surface area contributed by atoms with Gasteiger partial charge in [0.2, 0.25) is 0 Å². The lowest BCUT2D eigenvalue weighted by Gasteiger charge is -2.12. The quantitative estimate of drug-likeness (QED) is 0.767. The van der Waals surface area contributed by atoms with Crippen molar-refractivity contribution >= 4 is 40.8 Å². The standard InChI is InChI=1S/C17H15Cl2NO5/c1-23-13-4-3-5-14(24-2)16(13)17(22)25-9-15(21)20-12-7-6-10(18)8-11(12)19/h3-8H,9H2,1-2H3,(H,20,21). The van der Waals surface area contributed by atoms with E-state index in [0.29, 0.717) is 10.7 Å². The van der Waals surface area contributed by atoms with Gasteiger partial charge >= 0.3 is 5.97 Å². The zero-order chi connectivity index (χ0) is 18.4. The number of anilines is 1. The second kappa shape index (κ2) is 8.60. The van der Waals surface area contributed by atoms with E-state index in [1.807, 2.05) is 0 Å². The lowest BCUT2D eigenvalue weighted by molar-refractivity contribution is -0.119. The number of hydrogen-bond acceptors (Lipinski definition) is 5. The fraction of sp³-hybridized carbons (Fsp3) is 0.176. The molecule has 0 radical (unpaired) electrons. The van der Waals surface area contributed by atoms with Crippen molar-refractivity contribution in [2.75, 3.05) is 26.1 Å². The third-order valence-corrected chi connectivity index (χ3v) is 3.72. The average Bonchev–Trinajstić information content (AvgIpc) is 2.61. The van der Waals surface area contributed by atoms with Crippen LogP contribution in [0.1, 0.15) is 10.4 Å². The minimum absolute atomic E-state index is 0.102. The Kier molecular flexibility index (Phi) is 6.50. The van der Waals surface area contributed by atoms with Crippen molar-refractivity contribution < 1.29 is 23.8 Å². The van der Waals surface area contributed by atoms with Crippen LogP contribution in [-0.2, 0) is 9.53 Å². The van der Waals surface area contributed by atoms with E-state index in [4.69, 9.17) is 37.4 Å². The van der Waals surface area contributed by atoms with Gasteiger partial charge in [-0.2, -0.15) is 0 Å². The minimum Gasteiger partial charge on any atom is -0.496 e. The molecule has 2 aromatic rings. The summed E-state index contributed by atoms with van der Waals surface area (Å²) in [5.74, 6) is -0.728. The predicted octanol–water partition coefficient (Wildman–Crippen LogP) is 3.81. The number of methoxy groups -OCH3 is 2. The first-order valence-corrected chi connectivity index (χ1v) is 7.85. The van der Waals surface area contributed by atoms with Crippen LogP contribution in [0, 0.1) is 0 Å². The molecular weight excluding hydrogens is 369 g/mol. The van der Waals surface area contributed by atoms with Gasteiger partial charge in [0.15, 0.2) is 6.61 Å². The summed E-state index contributed by atoms with van der Waals surface area (Å²) in [6.07, 6.45) is 0. The van der Waals surface area contributed by atoms with Gasteiger partial charge in [0, 0.05) is 5.02 Å². The van der Waals surface area contributed by atoms with Gasteiger partial charge in [-0.25, -0.2) is 4.79 Å². The summed E-state index contributed by atoms with van der Waals surface area (Å²) in [4.78, 5) is 24.2. The topological polar surface area (TPSA) is 73.9 Å². The molecule has 1 N–H and O–H groups in total. The third-order valence-electron chi connectivity index (χ3n) is 3.17. The molecule has 6 nitrogen and oxygen atoms in total. The van der Waals surface area contributed by atoms with Gasteiger partial charge in [-0.15, -0.1) is 0 Å². The summed E-state index contributed by atoms with van der Waals surface area (Å²) in [6.45, 7) is -0.501. The molecule has 2 rings (SSSR count). The first-order chi connectivity index (χ1) is 12.0. The molecule has 0 spiro atoms. The van der Waals surface area contributed by atoms with Crippen molar-refractivity contribution in [1.29, 1.82) is 0 Å². The van der Waals surface area contributed by atoms with Gasteiger partial charge in [0.25, 0.3) is 5.91 Å². The van der Waals surface area contributed by atoms with Crippen molar-refractivity contribution in [3.05, 3.63) is 52.0 Å². The summed E-state index contributed by atoms with van der Waals surface area (Å²) in [7, 11) is 2.83. The van der Waals surface area contributed by atoms with Gasteiger partial charge in [-0.1, -0.05) is 29.3 Å². The van der Waals surface area contributed by atoms with E-state index < -0.39 is 18.5 Å². The molecule has 0 saturated heterocycles. The lowest BCUT2D eigenvalue weighted by Crippen LogP contribution is -2.21. The number of halogens is 2. The number of carbonyl (C=O) groups is 2. The Balaban J connectivity index is 2.04. The second-order valence-corrected chi connectivity index (χ2v) is 5.63. The molecule has 8 heteroatoms. The Hall–Kier alpha value is -2.44. The molecule has 0 atom stereocenters. The highest BCUT2D eigenvalue weighted by atomic mass is 35.5. The van der Waals surface area contributed by atoms with Crippen LogP contribution in [0.4, 0.5) is 5.69 Å². The highest BCUT2D eigenvalue weighted by molar-refractivity contribution is 6.36. The maximum atomic E-state index is 12.3. The van der Waals surface area contributed by atoms with Gasteiger partial charge < -0.3 is 19.5 Å². The number of benzene rings is 2. The smallest absolute Gasteiger partial charge is 0.346 e. The molecule has 0 aliphatic carbocycles. The maximum Gasteiger partial charge on any atom is 0.346 e. The van der Waals surface area contributed by atoms with Gasteiger partial charge in [0.1, 0.15) is 17.1 Å². The highest BCUT2D eigenvalue weighted by Crippen LogP contribution is 2.29. The zero-order valence-corrected chi connectivity index (χ0v) is 15.0. The summed E-state index contributed by atoms with van der Waals surface area (Å²) >= 11 is 11.8. The highest BCUT2D eigenvalue weighted by Gasteiger charge is 2.20. The van der Waals surface area contributed by atoms with E-state index in [2.05, 4.69) is 5.32 Å². The number of carbonyl (C=O) groups excluding carboxylic acids is 2. The molecule has 2 aromatic carbocycles. The largest absolute Gasteiger partial charge is 0.496 e. The van der Waals surface area contributed by atoms with Crippen molar-refractivity contribution in [3.63, 3.8) is 0 Å². The Morgan fingerprint density at radius 3 is 2.24 bits per heavy atom.